The van der Waals surface area contributed by atoms with E-state index in [1.807, 2.05) is 0 Å². The Labute approximate surface area is 99.3 Å². The Balaban J connectivity index is 1.88. The summed E-state index contributed by atoms with van der Waals surface area (Å²) in [6.45, 7) is 0. The molecule has 1 heterocycles. The molecule has 1 aromatic heterocycles. The van der Waals surface area contributed by atoms with Crippen molar-refractivity contribution in [1.29, 1.82) is 0 Å². The first-order valence-electron chi connectivity index (χ1n) is 5.55. The fourth-order valence-corrected chi connectivity index (χ4v) is 3.19. The highest BCUT2D eigenvalue weighted by atomic mass is 35.5. The van der Waals surface area contributed by atoms with Gasteiger partial charge in [0, 0.05) is 0 Å². The van der Waals surface area contributed by atoms with Gasteiger partial charge in [0.15, 0.2) is 0 Å². The molecule has 1 fully saturated rings. The van der Waals surface area contributed by atoms with Crippen molar-refractivity contribution in [1.82, 2.24) is 4.98 Å². The van der Waals surface area contributed by atoms with Crippen molar-refractivity contribution < 1.29 is 5.11 Å². The number of aliphatic hydroxyl groups excluding tert-OH is 1. The van der Waals surface area contributed by atoms with E-state index in [1.54, 1.807) is 6.20 Å². The minimum Gasteiger partial charge on any atom is -0.386 e. The first-order chi connectivity index (χ1) is 7.25. The van der Waals surface area contributed by atoms with E-state index in [9.17, 15) is 5.11 Å². The van der Waals surface area contributed by atoms with Gasteiger partial charge in [0.25, 0.3) is 0 Å². The molecule has 1 N–H and O–H groups in total. The topological polar surface area (TPSA) is 33.1 Å². The van der Waals surface area contributed by atoms with Crippen LogP contribution in [0.2, 0.25) is 4.34 Å². The van der Waals surface area contributed by atoms with Crippen molar-refractivity contribution in [2.24, 2.45) is 5.92 Å². The molecule has 0 amide bonds. The molecular formula is C11H16ClNOS. The minimum absolute atomic E-state index is 0.411. The van der Waals surface area contributed by atoms with E-state index in [-0.39, 0.29) is 0 Å². The number of aromatic nitrogens is 1. The van der Waals surface area contributed by atoms with Crippen LogP contribution in [0.3, 0.4) is 0 Å². The van der Waals surface area contributed by atoms with Gasteiger partial charge in [-0.15, -0.1) is 11.3 Å². The zero-order chi connectivity index (χ0) is 10.7. The molecule has 4 heteroatoms. The van der Waals surface area contributed by atoms with Gasteiger partial charge in [-0.25, -0.2) is 4.98 Å². The van der Waals surface area contributed by atoms with Gasteiger partial charge in [-0.3, -0.25) is 0 Å². The third-order valence-corrected chi connectivity index (χ3v) is 4.28. The summed E-state index contributed by atoms with van der Waals surface area (Å²) in [5.74, 6) is 0.677. The summed E-state index contributed by atoms with van der Waals surface area (Å²) < 4.78 is 0.660. The molecule has 0 spiro atoms. The van der Waals surface area contributed by atoms with Crippen LogP contribution in [0.4, 0.5) is 0 Å². The van der Waals surface area contributed by atoms with E-state index in [4.69, 9.17) is 11.6 Å². The van der Waals surface area contributed by atoms with E-state index in [2.05, 4.69) is 4.98 Å². The van der Waals surface area contributed by atoms with Crippen LogP contribution in [0.15, 0.2) is 6.20 Å². The zero-order valence-corrected chi connectivity index (χ0v) is 10.2. The average Bonchev–Trinajstić information content (AvgIpc) is 2.66. The fraction of sp³-hybridized carbons (Fsp3) is 0.727. The Kier molecular flexibility index (Phi) is 4.00. The molecule has 1 aliphatic carbocycles. The highest BCUT2D eigenvalue weighted by molar-refractivity contribution is 7.15. The van der Waals surface area contributed by atoms with Crippen molar-refractivity contribution in [3.8, 4) is 0 Å². The van der Waals surface area contributed by atoms with Crippen LogP contribution in [0.5, 0.6) is 0 Å². The van der Waals surface area contributed by atoms with Crippen molar-refractivity contribution in [2.75, 3.05) is 0 Å². The maximum Gasteiger partial charge on any atom is 0.123 e. The number of thiazole rings is 1. The van der Waals surface area contributed by atoms with E-state index in [0.29, 0.717) is 10.3 Å². The van der Waals surface area contributed by atoms with Crippen LogP contribution in [0, 0.1) is 5.92 Å². The first kappa shape index (κ1) is 11.4. The minimum atomic E-state index is -0.411. The van der Waals surface area contributed by atoms with Gasteiger partial charge >= 0.3 is 0 Å². The second-order valence-corrected chi connectivity index (χ2v) is 5.95. The van der Waals surface area contributed by atoms with Crippen LogP contribution in [-0.4, -0.2) is 10.1 Å². The van der Waals surface area contributed by atoms with Gasteiger partial charge in [0.2, 0.25) is 0 Å². The quantitative estimate of drug-likeness (QED) is 0.879. The molecule has 1 aromatic rings. The molecule has 1 saturated carbocycles. The van der Waals surface area contributed by atoms with Crippen molar-refractivity contribution in [3.05, 3.63) is 15.5 Å². The lowest BCUT2D eigenvalue weighted by molar-refractivity contribution is 0.131. The summed E-state index contributed by atoms with van der Waals surface area (Å²) in [6.07, 6.45) is 8.56. The van der Waals surface area contributed by atoms with Gasteiger partial charge in [-0.05, 0) is 12.3 Å². The van der Waals surface area contributed by atoms with E-state index < -0.39 is 6.10 Å². The van der Waals surface area contributed by atoms with E-state index >= 15 is 0 Å². The highest BCUT2D eigenvalue weighted by Gasteiger charge is 2.20. The Hall–Kier alpha value is -0.120. The number of hydrogen-bond donors (Lipinski definition) is 1. The Bertz CT molecular complexity index is 309. The van der Waals surface area contributed by atoms with Crippen LogP contribution >= 0.6 is 22.9 Å². The average molecular weight is 246 g/mol. The maximum atomic E-state index is 9.98. The summed E-state index contributed by atoms with van der Waals surface area (Å²) in [4.78, 5) is 4.12. The molecule has 1 aliphatic rings. The summed E-state index contributed by atoms with van der Waals surface area (Å²) in [5.41, 5.74) is 0. The SMILES string of the molecule is OC(CC1CCCCC1)c1ncc(Cl)s1. The molecule has 84 valence electrons. The zero-order valence-electron chi connectivity index (χ0n) is 8.66. The second-order valence-electron chi connectivity index (χ2n) is 4.26. The lowest BCUT2D eigenvalue weighted by atomic mass is 9.85. The number of nitrogens with zero attached hydrogens (tertiary/aromatic N) is 1. The summed E-state index contributed by atoms with van der Waals surface area (Å²) >= 11 is 7.18. The smallest absolute Gasteiger partial charge is 0.123 e. The predicted molar refractivity (Wildman–Crippen MR) is 63.3 cm³/mol. The third kappa shape index (κ3) is 3.16. The number of halogens is 1. The van der Waals surface area contributed by atoms with Crippen molar-refractivity contribution >= 4 is 22.9 Å². The molecular weight excluding hydrogens is 230 g/mol. The predicted octanol–water partition coefficient (Wildman–Crippen LogP) is 3.80. The third-order valence-electron chi connectivity index (χ3n) is 3.06. The van der Waals surface area contributed by atoms with Crippen molar-refractivity contribution in [2.45, 2.75) is 44.6 Å². The normalized spacial score (nSPS) is 20.4. The Morgan fingerprint density at radius 2 is 2.20 bits per heavy atom. The molecule has 15 heavy (non-hydrogen) atoms. The van der Waals surface area contributed by atoms with Gasteiger partial charge in [0.05, 0.1) is 6.20 Å². The van der Waals surface area contributed by atoms with Crippen LogP contribution < -0.4 is 0 Å². The number of hydrogen-bond acceptors (Lipinski definition) is 3. The highest BCUT2D eigenvalue weighted by Crippen LogP contribution is 2.33. The van der Waals surface area contributed by atoms with Crippen LogP contribution in [0.25, 0.3) is 0 Å². The van der Waals surface area contributed by atoms with Gasteiger partial charge in [0.1, 0.15) is 15.4 Å². The van der Waals surface area contributed by atoms with Crippen molar-refractivity contribution in [3.63, 3.8) is 0 Å². The van der Waals surface area contributed by atoms with E-state index in [1.165, 1.54) is 43.4 Å². The molecule has 1 unspecified atom stereocenters. The molecule has 2 nitrogen and oxygen atoms in total. The second kappa shape index (κ2) is 5.28. The Morgan fingerprint density at radius 3 is 2.80 bits per heavy atom. The van der Waals surface area contributed by atoms with E-state index in [0.717, 1.165) is 11.4 Å². The van der Waals surface area contributed by atoms with Gasteiger partial charge in [-0.2, -0.15) is 0 Å². The largest absolute Gasteiger partial charge is 0.386 e. The van der Waals surface area contributed by atoms with Crippen LogP contribution in [0.1, 0.15) is 49.6 Å². The standard InChI is InChI=1S/C11H16ClNOS/c12-10-7-13-11(15-10)9(14)6-8-4-2-1-3-5-8/h7-9,14H,1-6H2. The monoisotopic (exact) mass is 245 g/mol. The Morgan fingerprint density at radius 1 is 1.47 bits per heavy atom. The molecule has 0 radical (unpaired) electrons. The molecule has 0 saturated heterocycles. The summed E-state index contributed by atoms with van der Waals surface area (Å²) in [6, 6.07) is 0. The summed E-state index contributed by atoms with van der Waals surface area (Å²) in [7, 11) is 0. The molecule has 2 rings (SSSR count). The molecule has 0 aliphatic heterocycles. The number of rotatable bonds is 3. The molecule has 0 aromatic carbocycles. The first-order valence-corrected chi connectivity index (χ1v) is 6.74. The lowest BCUT2D eigenvalue weighted by Gasteiger charge is -2.23. The molecule has 1 atom stereocenters. The number of aliphatic hydroxyl groups is 1. The lowest BCUT2D eigenvalue weighted by Crippen LogP contribution is -2.10. The maximum absolute atomic E-state index is 9.98. The van der Waals surface area contributed by atoms with Crippen LogP contribution in [-0.2, 0) is 0 Å². The van der Waals surface area contributed by atoms with Gasteiger partial charge in [-0.1, -0.05) is 43.7 Å². The van der Waals surface area contributed by atoms with Gasteiger partial charge < -0.3 is 5.11 Å². The fourth-order valence-electron chi connectivity index (χ4n) is 2.26. The summed E-state index contributed by atoms with van der Waals surface area (Å²) in [5, 5.41) is 10.7. The molecule has 0 bridgehead atoms.